The fourth-order valence-electron chi connectivity index (χ4n) is 3.47. The van der Waals surface area contributed by atoms with E-state index in [2.05, 4.69) is 10.4 Å². The third kappa shape index (κ3) is 4.56. The molecule has 1 amide bonds. The van der Waals surface area contributed by atoms with Crippen molar-refractivity contribution >= 4 is 21.6 Å². The summed E-state index contributed by atoms with van der Waals surface area (Å²) in [6, 6.07) is 11.2. The number of benzene rings is 2. The van der Waals surface area contributed by atoms with Crippen molar-refractivity contribution in [3.63, 3.8) is 0 Å². The molecule has 0 unspecified atom stereocenters. The lowest BCUT2D eigenvalue weighted by Gasteiger charge is -2.16. The lowest BCUT2D eigenvalue weighted by Crippen LogP contribution is -2.25. The summed E-state index contributed by atoms with van der Waals surface area (Å²) in [5.41, 5.74) is 0.799. The molecule has 3 aromatic rings. The Hall–Kier alpha value is -3.33. The molecule has 1 N–H and O–H groups in total. The van der Waals surface area contributed by atoms with Crippen molar-refractivity contribution in [3.8, 4) is 17.2 Å². The Morgan fingerprint density at radius 2 is 1.87 bits per heavy atom. The highest BCUT2D eigenvalue weighted by Gasteiger charge is 2.34. The van der Waals surface area contributed by atoms with Crippen molar-refractivity contribution in [2.45, 2.75) is 30.8 Å². The molecule has 1 aliphatic heterocycles. The van der Waals surface area contributed by atoms with Crippen LogP contribution in [0.3, 0.4) is 0 Å². The molecule has 0 saturated heterocycles. The molecule has 2 heterocycles. The van der Waals surface area contributed by atoms with Crippen LogP contribution in [0.15, 0.2) is 53.6 Å². The maximum Gasteiger partial charge on any atom is 0.257 e. The molecule has 0 bridgehead atoms. The highest BCUT2D eigenvalue weighted by atomic mass is 32.2. The van der Waals surface area contributed by atoms with E-state index < -0.39 is 15.4 Å². The van der Waals surface area contributed by atoms with Gasteiger partial charge in [0.15, 0.2) is 15.7 Å². The number of hydrogen-bond acceptors (Lipinski definition) is 6. The largest absolute Gasteiger partial charge is 0.487 e. The summed E-state index contributed by atoms with van der Waals surface area (Å²) < 4.78 is 36.8. The number of carbonyl (C=O) groups is 1. The Morgan fingerprint density at radius 1 is 1.16 bits per heavy atom. The Labute approximate surface area is 180 Å². The Morgan fingerprint density at radius 3 is 2.48 bits per heavy atom. The van der Waals surface area contributed by atoms with Gasteiger partial charge in [-0.15, -0.1) is 0 Å². The van der Waals surface area contributed by atoms with Crippen molar-refractivity contribution in [2.24, 2.45) is 7.05 Å². The number of carbonyl (C=O) groups excluding carboxylic acids is 1. The van der Waals surface area contributed by atoms with Crippen LogP contribution in [0.1, 0.15) is 29.8 Å². The lowest BCUT2D eigenvalue weighted by atomic mass is 9.96. The molecule has 1 aliphatic rings. The average molecular weight is 442 g/mol. The summed E-state index contributed by atoms with van der Waals surface area (Å²) in [6.07, 6.45) is 3.47. The predicted octanol–water partition coefficient (Wildman–Crippen LogP) is 3.58. The number of fused-ring (bicyclic) bond motifs is 1. The second-order valence-electron chi connectivity index (χ2n) is 8.16. The maximum atomic E-state index is 13.0. The first kappa shape index (κ1) is 20.9. The molecule has 0 atom stereocenters. The number of sulfone groups is 1. The van der Waals surface area contributed by atoms with Crippen LogP contribution in [0.25, 0.3) is 0 Å². The fourth-order valence-corrected chi connectivity index (χ4v) is 4.10. The number of amides is 1. The van der Waals surface area contributed by atoms with E-state index in [0.29, 0.717) is 35.1 Å². The Balaban J connectivity index is 1.66. The monoisotopic (exact) mass is 441 g/mol. The standard InChI is InChI=1S/C22H23N3O5S/c1-22(2)13-18-17(21(26)23-20-9-10-25(3)24-20)11-15(12-19(18)30-22)29-14-5-7-16(8-6-14)31(4,27)28/h5-12H,13H2,1-4H3,(H,23,24,26). The van der Waals surface area contributed by atoms with Crippen LogP contribution in [-0.4, -0.2) is 36.0 Å². The van der Waals surface area contributed by atoms with Crippen LogP contribution >= 0.6 is 0 Å². The Bertz CT molecular complexity index is 1260. The molecular formula is C22H23N3O5S. The van der Waals surface area contributed by atoms with Gasteiger partial charge in [-0.1, -0.05) is 0 Å². The number of aromatic nitrogens is 2. The van der Waals surface area contributed by atoms with Crippen LogP contribution in [0.5, 0.6) is 17.2 Å². The zero-order valence-corrected chi connectivity index (χ0v) is 18.5. The molecule has 0 fully saturated rings. The van der Waals surface area contributed by atoms with E-state index in [9.17, 15) is 13.2 Å². The fraction of sp³-hybridized carbons (Fsp3) is 0.273. The van der Waals surface area contributed by atoms with Gasteiger partial charge < -0.3 is 14.8 Å². The van der Waals surface area contributed by atoms with Crippen LogP contribution in [-0.2, 0) is 23.3 Å². The van der Waals surface area contributed by atoms with Gasteiger partial charge in [-0.25, -0.2) is 8.42 Å². The number of nitrogens with zero attached hydrogens (tertiary/aromatic N) is 2. The van der Waals surface area contributed by atoms with E-state index in [4.69, 9.17) is 9.47 Å². The first-order chi connectivity index (χ1) is 14.5. The Kier molecular flexibility index (Phi) is 5.01. The third-order valence-electron chi connectivity index (χ3n) is 4.86. The van der Waals surface area contributed by atoms with Gasteiger partial charge in [0, 0.05) is 43.6 Å². The van der Waals surface area contributed by atoms with Crippen molar-refractivity contribution < 1.29 is 22.7 Å². The van der Waals surface area contributed by atoms with E-state index >= 15 is 0 Å². The van der Waals surface area contributed by atoms with Gasteiger partial charge in [0.1, 0.15) is 22.8 Å². The molecule has 0 radical (unpaired) electrons. The number of ether oxygens (including phenoxy) is 2. The molecule has 1 aromatic heterocycles. The highest BCUT2D eigenvalue weighted by Crippen LogP contribution is 2.41. The SMILES string of the molecule is Cn1ccc(NC(=O)c2cc(Oc3ccc(S(C)(=O)=O)cc3)cc3c2CC(C)(C)O3)n1. The minimum atomic E-state index is -3.30. The quantitative estimate of drug-likeness (QED) is 0.650. The van der Waals surface area contributed by atoms with E-state index in [0.717, 1.165) is 11.8 Å². The lowest BCUT2D eigenvalue weighted by molar-refractivity contribution is 0.102. The minimum absolute atomic E-state index is 0.203. The first-order valence-electron chi connectivity index (χ1n) is 9.65. The molecule has 162 valence electrons. The van der Waals surface area contributed by atoms with Gasteiger partial charge in [0.05, 0.1) is 10.5 Å². The molecule has 0 spiro atoms. The molecule has 0 saturated carbocycles. The van der Waals surface area contributed by atoms with Crippen LogP contribution in [0, 0.1) is 0 Å². The molecule has 8 nitrogen and oxygen atoms in total. The minimum Gasteiger partial charge on any atom is -0.487 e. The third-order valence-corrected chi connectivity index (χ3v) is 5.99. The second-order valence-corrected chi connectivity index (χ2v) is 10.2. The molecule has 31 heavy (non-hydrogen) atoms. The van der Waals surface area contributed by atoms with Crippen molar-refractivity contribution in [1.29, 1.82) is 0 Å². The van der Waals surface area contributed by atoms with Gasteiger partial charge in [-0.3, -0.25) is 9.48 Å². The summed E-state index contributed by atoms with van der Waals surface area (Å²) in [5, 5.41) is 6.99. The van der Waals surface area contributed by atoms with Gasteiger partial charge in [0.25, 0.3) is 5.91 Å². The summed E-state index contributed by atoms with van der Waals surface area (Å²) >= 11 is 0. The smallest absolute Gasteiger partial charge is 0.257 e. The average Bonchev–Trinajstić information content (AvgIpc) is 3.21. The number of rotatable bonds is 5. The second kappa shape index (κ2) is 7.42. The molecule has 2 aromatic carbocycles. The highest BCUT2D eigenvalue weighted by molar-refractivity contribution is 7.90. The van der Waals surface area contributed by atoms with E-state index in [1.165, 1.54) is 12.1 Å². The zero-order valence-electron chi connectivity index (χ0n) is 17.7. The van der Waals surface area contributed by atoms with Gasteiger partial charge in [-0.2, -0.15) is 5.10 Å². The summed E-state index contributed by atoms with van der Waals surface area (Å²) in [7, 11) is -1.52. The number of aryl methyl sites for hydroxylation is 1. The zero-order chi connectivity index (χ0) is 22.4. The molecular weight excluding hydrogens is 418 g/mol. The van der Waals surface area contributed by atoms with Crippen LogP contribution in [0.2, 0.25) is 0 Å². The molecule has 0 aliphatic carbocycles. The first-order valence-corrected chi connectivity index (χ1v) is 11.5. The van der Waals surface area contributed by atoms with E-state index in [1.807, 2.05) is 13.8 Å². The molecule has 9 heteroatoms. The van der Waals surface area contributed by atoms with Gasteiger partial charge in [0.2, 0.25) is 0 Å². The topological polar surface area (TPSA) is 99.5 Å². The summed E-state index contributed by atoms with van der Waals surface area (Å²) in [6.45, 7) is 3.91. The van der Waals surface area contributed by atoms with Crippen molar-refractivity contribution in [3.05, 3.63) is 59.8 Å². The summed E-state index contributed by atoms with van der Waals surface area (Å²) in [4.78, 5) is 13.2. The van der Waals surface area contributed by atoms with Gasteiger partial charge in [-0.05, 0) is 44.2 Å². The number of hydrogen-bond donors (Lipinski definition) is 1. The van der Waals surface area contributed by atoms with Gasteiger partial charge >= 0.3 is 0 Å². The van der Waals surface area contributed by atoms with Crippen LogP contribution < -0.4 is 14.8 Å². The van der Waals surface area contributed by atoms with E-state index in [-0.39, 0.29) is 10.8 Å². The molecule has 4 rings (SSSR count). The normalized spacial score (nSPS) is 14.6. The maximum absolute atomic E-state index is 13.0. The predicted molar refractivity (Wildman–Crippen MR) is 116 cm³/mol. The van der Waals surface area contributed by atoms with Crippen molar-refractivity contribution in [1.82, 2.24) is 9.78 Å². The number of nitrogens with one attached hydrogen (secondary N) is 1. The van der Waals surface area contributed by atoms with Crippen LogP contribution in [0.4, 0.5) is 5.82 Å². The summed E-state index contributed by atoms with van der Waals surface area (Å²) in [5.74, 6) is 1.58. The van der Waals surface area contributed by atoms with E-state index in [1.54, 1.807) is 48.3 Å². The van der Waals surface area contributed by atoms with Crippen molar-refractivity contribution in [2.75, 3.05) is 11.6 Å². The number of anilines is 1.